The first kappa shape index (κ1) is 23.5. The van der Waals surface area contributed by atoms with Crippen LogP contribution in [-0.2, 0) is 5.41 Å². The molecule has 0 spiro atoms. The number of rotatable bonds is 6. The summed E-state index contributed by atoms with van der Waals surface area (Å²) in [5.41, 5.74) is 3.37. The quantitative estimate of drug-likeness (QED) is 0.389. The van der Waals surface area contributed by atoms with Crippen LogP contribution in [0.25, 0.3) is 22.5 Å². The minimum atomic E-state index is -0.656. The minimum Gasteiger partial charge on any atom is -0.395 e. The van der Waals surface area contributed by atoms with Crippen molar-refractivity contribution in [1.29, 1.82) is 0 Å². The number of nitrogens with one attached hydrogen (secondary N) is 1. The molecule has 2 atom stereocenters. The SMILES string of the molecule is CC1(C)[C@H]2CC[C@]1(c1cncc(-c3ccc(NCCO)nc3)n1)c1nnc(-c3c(F)cccc3F)cc12. The first-order valence-corrected chi connectivity index (χ1v) is 12.3. The molecular weight excluding hydrogens is 474 g/mol. The largest absolute Gasteiger partial charge is 0.395 e. The van der Waals surface area contributed by atoms with E-state index in [1.807, 2.05) is 12.1 Å². The van der Waals surface area contributed by atoms with E-state index in [9.17, 15) is 8.78 Å². The van der Waals surface area contributed by atoms with E-state index in [4.69, 9.17) is 10.1 Å². The number of pyridine rings is 1. The van der Waals surface area contributed by atoms with Crippen LogP contribution < -0.4 is 5.32 Å². The third-order valence-corrected chi connectivity index (χ3v) is 8.15. The van der Waals surface area contributed by atoms with Gasteiger partial charge in [-0.15, -0.1) is 5.10 Å². The van der Waals surface area contributed by atoms with Crippen molar-refractivity contribution in [3.63, 3.8) is 0 Å². The van der Waals surface area contributed by atoms with Crippen molar-refractivity contribution >= 4 is 5.82 Å². The Kier molecular flexibility index (Phi) is 5.49. The highest BCUT2D eigenvalue weighted by atomic mass is 19.1. The molecule has 1 fully saturated rings. The summed E-state index contributed by atoms with van der Waals surface area (Å²) in [6.45, 7) is 4.85. The van der Waals surface area contributed by atoms with Crippen LogP contribution in [0.5, 0.6) is 0 Å². The highest BCUT2D eigenvalue weighted by Crippen LogP contribution is 2.69. The topological polar surface area (TPSA) is 96.7 Å². The van der Waals surface area contributed by atoms with Gasteiger partial charge in [0, 0.05) is 24.5 Å². The zero-order valence-electron chi connectivity index (χ0n) is 20.5. The Labute approximate surface area is 213 Å². The zero-order chi connectivity index (χ0) is 25.8. The van der Waals surface area contributed by atoms with E-state index in [0.29, 0.717) is 18.1 Å². The molecule has 2 aliphatic carbocycles. The monoisotopic (exact) mass is 500 g/mol. The molecule has 188 valence electrons. The van der Waals surface area contributed by atoms with Crippen LogP contribution in [0.15, 0.2) is 55.0 Å². The normalized spacial score (nSPS) is 21.2. The standard InChI is InChI=1S/C28H26F2N6O/c1-27(2)18-8-9-28(27,26-17(18)12-21(35-36-26)25-19(29)4-3-5-20(25)30)23-15-31-14-22(34-23)16-6-7-24(33-13-16)32-10-11-37/h3-7,12-15,18,37H,8-11H2,1-2H3,(H,32,33)/t18-,28-/m0/s1. The molecule has 3 aromatic heterocycles. The van der Waals surface area contributed by atoms with Crippen LogP contribution in [0.2, 0.25) is 0 Å². The Morgan fingerprint density at radius 3 is 2.57 bits per heavy atom. The summed E-state index contributed by atoms with van der Waals surface area (Å²) in [7, 11) is 0. The summed E-state index contributed by atoms with van der Waals surface area (Å²) >= 11 is 0. The number of hydrogen-bond donors (Lipinski definition) is 2. The Morgan fingerprint density at radius 2 is 1.84 bits per heavy atom. The van der Waals surface area contributed by atoms with Crippen LogP contribution in [0.1, 0.15) is 49.6 Å². The van der Waals surface area contributed by atoms with E-state index in [1.54, 1.807) is 24.7 Å². The molecule has 1 saturated carbocycles. The highest BCUT2D eigenvalue weighted by Gasteiger charge is 2.65. The second-order valence-corrected chi connectivity index (χ2v) is 10.2. The number of aromatic nitrogens is 5. The van der Waals surface area contributed by atoms with Crippen molar-refractivity contribution in [1.82, 2.24) is 25.1 Å². The van der Waals surface area contributed by atoms with Gasteiger partial charge in [-0.3, -0.25) is 4.98 Å². The van der Waals surface area contributed by atoms with Crippen LogP contribution in [0.4, 0.5) is 14.6 Å². The van der Waals surface area contributed by atoms with Gasteiger partial charge in [0.25, 0.3) is 0 Å². The highest BCUT2D eigenvalue weighted by molar-refractivity contribution is 5.65. The summed E-state index contributed by atoms with van der Waals surface area (Å²) in [6, 6.07) is 9.36. The van der Waals surface area contributed by atoms with Crippen molar-refractivity contribution in [2.75, 3.05) is 18.5 Å². The molecule has 2 N–H and O–H groups in total. The molecule has 2 bridgehead atoms. The molecule has 0 amide bonds. The van der Waals surface area contributed by atoms with Gasteiger partial charge < -0.3 is 10.4 Å². The number of fused-ring (bicyclic) bond motifs is 5. The summed E-state index contributed by atoms with van der Waals surface area (Å²) in [5.74, 6) is -0.495. The molecule has 1 aromatic carbocycles. The van der Waals surface area contributed by atoms with Gasteiger partial charge in [-0.1, -0.05) is 19.9 Å². The maximum atomic E-state index is 14.5. The van der Waals surface area contributed by atoms with Crippen LogP contribution in [0.3, 0.4) is 0 Å². The van der Waals surface area contributed by atoms with Gasteiger partial charge in [-0.25, -0.2) is 18.7 Å². The van der Waals surface area contributed by atoms with E-state index in [-0.39, 0.29) is 29.2 Å². The molecule has 0 saturated heterocycles. The lowest BCUT2D eigenvalue weighted by molar-refractivity contribution is 0.242. The number of halogens is 2. The second-order valence-electron chi connectivity index (χ2n) is 10.2. The smallest absolute Gasteiger partial charge is 0.135 e. The summed E-state index contributed by atoms with van der Waals surface area (Å²) in [4.78, 5) is 14.0. The van der Waals surface area contributed by atoms with E-state index in [1.165, 1.54) is 18.2 Å². The number of benzene rings is 1. The van der Waals surface area contributed by atoms with E-state index < -0.39 is 17.0 Å². The third-order valence-electron chi connectivity index (χ3n) is 8.15. The van der Waals surface area contributed by atoms with Gasteiger partial charge in [0.1, 0.15) is 17.5 Å². The number of aliphatic hydroxyl groups is 1. The molecule has 3 heterocycles. The molecule has 2 aliphatic rings. The van der Waals surface area contributed by atoms with E-state index >= 15 is 0 Å². The molecule has 7 nitrogen and oxygen atoms in total. The van der Waals surface area contributed by atoms with Crippen molar-refractivity contribution in [3.8, 4) is 22.5 Å². The minimum absolute atomic E-state index is 0.0247. The molecule has 37 heavy (non-hydrogen) atoms. The first-order valence-electron chi connectivity index (χ1n) is 12.3. The van der Waals surface area contributed by atoms with Crippen molar-refractivity contribution in [2.45, 2.75) is 38.0 Å². The Balaban J connectivity index is 1.43. The Morgan fingerprint density at radius 1 is 1.03 bits per heavy atom. The fourth-order valence-corrected chi connectivity index (χ4v) is 6.30. The van der Waals surface area contributed by atoms with E-state index in [0.717, 1.165) is 35.4 Å². The lowest BCUT2D eigenvalue weighted by Gasteiger charge is -2.37. The van der Waals surface area contributed by atoms with Gasteiger partial charge in [0.05, 0.1) is 46.6 Å². The fraction of sp³-hybridized carbons (Fsp3) is 0.321. The van der Waals surface area contributed by atoms with Gasteiger partial charge >= 0.3 is 0 Å². The molecule has 4 aromatic rings. The number of anilines is 1. The first-order chi connectivity index (χ1) is 17.9. The van der Waals surface area contributed by atoms with Crippen molar-refractivity contribution < 1.29 is 13.9 Å². The van der Waals surface area contributed by atoms with Gasteiger partial charge in [0.2, 0.25) is 0 Å². The lowest BCUT2D eigenvalue weighted by atomic mass is 9.66. The van der Waals surface area contributed by atoms with Gasteiger partial charge in [-0.05, 0) is 60.1 Å². The van der Waals surface area contributed by atoms with Gasteiger partial charge in [0.15, 0.2) is 0 Å². The lowest BCUT2D eigenvalue weighted by Crippen LogP contribution is -2.38. The Hall–Kier alpha value is -3.85. The molecule has 0 unspecified atom stereocenters. The average Bonchev–Trinajstić information content (AvgIpc) is 3.28. The van der Waals surface area contributed by atoms with Gasteiger partial charge in [-0.2, -0.15) is 5.10 Å². The second kappa shape index (κ2) is 8.62. The maximum absolute atomic E-state index is 14.5. The number of aliphatic hydroxyl groups excluding tert-OH is 1. The summed E-state index contributed by atoms with van der Waals surface area (Å²) < 4.78 is 29.0. The molecule has 0 aliphatic heterocycles. The zero-order valence-corrected chi connectivity index (χ0v) is 20.5. The Bertz CT molecular complexity index is 1470. The van der Waals surface area contributed by atoms with Crippen molar-refractivity contribution in [2.24, 2.45) is 5.41 Å². The number of hydrogen-bond acceptors (Lipinski definition) is 7. The van der Waals surface area contributed by atoms with Crippen LogP contribution in [0, 0.1) is 17.0 Å². The summed E-state index contributed by atoms with van der Waals surface area (Å²) in [6.07, 6.45) is 6.97. The predicted molar refractivity (Wildman–Crippen MR) is 135 cm³/mol. The van der Waals surface area contributed by atoms with E-state index in [2.05, 4.69) is 39.3 Å². The molecule has 6 rings (SSSR count). The predicted octanol–water partition coefficient (Wildman–Crippen LogP) is 4.88. The fourth-order valence-electron chi connectivity index (χ4n) is 6.30. The average molecular weight is 501 g/mol. The van der Waals surface area contributed by atoms with Crippen LogP contribution in [-0.4, -0.2) is 43.4 Å². The molecule has 0 radical (unpaired) electrons. The molecular formula is C28H26F2N6O. The molecule has 9 heteroatoms. The van der Waals surface area contributed by atoms with Crippen LogP contribution >= 0.6 is 0 Å². The number of nitrogens with zero attached hydrogens (tertiary/aromatic N) is 5. The third kappa shape index (κ3) is 3.44. The maximum Gasteiger partial charge on any atom is 0.135 e. The van der Waals surface area contributed by atoms with Crippen molar-refractivity contribution in [3.05, 3.63) is 83.6 Å². The summed E-state index contributed by atoms with van der Waals surface area (Å²) in [5, 5.41) is 20.9.